The van der Waals surface area contributed by atoms with E-state index < -0.39 is 0 Å². The quantitative estimate of drug-likeness (QED) is 0.811. The Kier molecular flexibility index (Phi) is 3.57. The predicted octanol–water partition coefficient (Wildman–Crippen LogP) is 2.54. The highest BCUT2D eigenvalue weighted by Gasteiger charge is 2.46. The molecule has 0 radical (unpaired) electrons. The van der Waals surface area contributed by atoms with E-state index in [-0.39, 0.29) is 18.1 Å². The van der Waals surface area contributed by atoms with Crippen LogP contribution >= 0.6 is 11.8 Å². The summed E-state index contributed by atoms with van der Waals surface area (Å²) in [6, 6.07) is 9.88. The molecule has 23 heavy (non-hydrogen) atoms. The molecule has 2 aliphatic heterocycles. The Bertz CT molecular complexity index is 758. The van der Waals surface area contributed by atoms with E-state index in [9.17, 15) is 4.79 Å². The summed E-state index contributed by atoms with van der Waals surface area (Å²) < 4.78 is 7.28. The van der Waals surface area contributed by atoms with Gasteiger partial charge in [0.2, 0.25) is 0 Å². The van der Waals surface area contributed by atoms with Crippen molar-refractivity contribution in [1.29, 1.82) is 0 Å². The van der Waals surface area contributed by atoms with Crippen LogP contribution in [0.4, 0.5) is 5.69 Å². The van der Waals surface area contributed by atoms with E-state index in [1.807, 2.05) is 48.5 Å². The number of thioether (sulfide) groups is 1. The number of hydrogen-bond donors (Lipinski definition) is 0. The number of anilines is 1. The standard InChI is InChI=1S/C16H16N4O2S/c1-2-22-15(21)13-12-10-23-16-17-8-9-19(16)14(12)20(18-13)11-6-4-3-5-7-11/h3-9,12,14H,2,10H2,1H3. The van der Waals surface area contributed by atoms with Crippen LogP contribution in [0.2, 0.25) is 0 Å². The first-order valence-electron chi connectivity index (χ1n) is 7.55. The molecule has 0 fully saturated rings. The van der Waals surface area contributed by atoms with Gasteiger partial charge in [-0.2, -0.15) is 5.10 Å². The fourth-order valence-electron chi connectivity index (χ4n) is 3.00. The fraction of sp³-hybridized carbons (Fsp3) is 0.312. The van der Waals surface area contributed by atoms with Crippen LogP contribution in [0.3, 0.4) is 0 Å². The molecule has 2 aliphatic rings. The Morgan fingerprint density at radius 2 is 2.22 bits per heavy atom. The maximum Gasteiger partial charge on any atom is 0.354 e. The molecular weight excluding hydrogens is 312 g/mol. The van der Waals surface area contributed by atoms with Crippen molar-refractivity contribution in [2.45, 2.75) is 18.2 Å². The summed E-state index contributed by atoms with van der Waals surface area (Å²) in [4.78, 5) is 16.7. The van der Waals surface area contributed by atoms with Crippen molar-refractivity contribution in [1.82, 2.24) is 9.55 Å². The predicted molar refractivity (Wildman–Crippen MR) is 88.5 cm³/mol. The van der Waals surface area contributed by atoms with Crippen molar-refractivity contribution in [2.24, 2.45) is 11.0 Å². The molecule has 1 aromatic heterocycles. The van der Waals surface area contributed by atoms with Gasteiger partial charge in [-0.05, 0) is 19.1 Å². The number of para-hydroxylation sites is 1. The van der Waals surface area contributed by atoms with Crippen molar-refractivity contribution in [3.05, 3.63) is 42.7 Å². The molecule has 1 aromatic carbocycles. The average molecular weight is 328 g/mol. The summed E-state index contributed by atoms with van der Waals surface area (Å²) in [6.07, 6.45) is 3.66. The molecule has 4 rings (SSSR count). The summed E-state index contributed by atoms with van der Waals surface area (Å²) in [5.41, 5.74) is 1.45. The van der Waals surface area contributed by atoms with Crippen molar-refractivity contribution in [3.8, 4) is 0 Å². The number of nitrogens with zero attached hydrogens (tertiary/aromatic N) is 4. The lowest BCUT2D eigenvalue weighted by Crippen LogP contribution is -2.36. The van der Waals surface area contributed by atoms with E-state index in [4.69, 9.17) is 4.74 Å². The number of carbonyl (C=O) groups excluding carboxylic acids is 1. The Morgan fingerprint density at radius 1 is 1.39 bits per heavy atom. The van der Waals surface area contributed by atoms with Crippen LogP contribution in [-0.4, -0.2) is 33.6 Å². The number of aromatic nitrogens is 2. The molecule has 2 aromatic rings. The number of rotatable bonds is 3. The smallest absolute Gasteiger partial charge is 0.354 e. The van der Waals surface area contributed by atoms with Crippen molar-refractivity contribution >= 4 is 29.1 Å². The largest absolute Gasteiger partial charge is 0.461 e. The number of hydrazone groups is 1. The third kappa shape index (κ3) is 2.31. The Morgan fingerprint density at radius 3 is 3.00 bits per heavy atom. The first-order chi connectivity index (χ1) is 11.3. The second-order valence-electron chi connectivity index (χ2n) is 5.33. The van der Waals surface area contributed by atoms with Gasteiger partial charge in [0.15, 0.2) is 10.9 Å². The van der Waals surface area contributed by atoms with E-state index >= 15 is 0 Å². The lowest BCUT2D eigenvalue weighted by Gasteiger charge is -2.32. The van der Waals surface area contributed by atoms with Gasteiger partial charge in [-0.15, -0.1) is 0 Å². The second kappa shape index (κ2) is 5.73. The van der Waals surface area contributed by atoms with Gasteiger partial charge in [0.05, 0.1) is 18.2 Å². The summed E-state index contributed by atoms with van der Waals surface area (Å²) >= 11 is 1.64. The van der Waals surface area contributed by atoms with Crippen LogP contribution in [0, 0.1) is 5.92 Å². The summed E-state index contributed by atoms with van der Waals surface area (Å²) in [5.74, 6) is 0.425. The third-order valence-electron chi connectivity index (χ3n) is 3.99. The van der Waals surface area contributed by atoms with Gasteiger partial charge in [-0.1, -0.05) is 30.0 Å². The zero-order valence-electron chi connectivity index (χ0n) is 12.6. The molecule has 0 amide bonds. The van der Waals surface area contributed by atoms with Gasteiger partial charge in [0.25, 0.3) is 0 Å². The maximum atomic E-state index is 12.3. The molecule has 7 heteroatoms. The first kappa shape index (κ1) is 14.3. The highest BCUT2D eigenvalue weighted by molar-refractivity contribution is 7.99. The summed E-state index contributed by atoms with van der Waals surface area (Å²) in [7, 11) is 0. The van der Waals surface area contributed by atoms with Crippen LogP contribution < -0.4 is 5.01 Å². The minimum Gasteiger partial charge on any atom is -0.461 e. The number of benzene rings is 1. The highest BCUT2D eigenvalue weighted by Crippen LogP contribution is 2.43. The number of ether oxygens (including phenoxy) is 1. The number of esters is 1. The molecule has 118 valence electrons. The minimum atomic E-state index is -0.329. The van der Waals surface area contributed by atoms with Crippen LogP contribution in [-0.2, 0) is 9.53 Å². The lowest BCUT2D eigenvalue weighted by molar-refractivity contribution is -0.135. The molecular formula is C16H16N4O2S. The van der Waals surface area contributed by atoms with Crippen LogP contribution in [0.1, 0.15) is 13.1 Å². The van der Waals surface area contributed by atoms with Gasteiger partial charge in [-0.25, -0.2) is 14.8 Å². The topological polar surface area (TPSA) is 59.7 Å². The Labute approximate surface area is 138 Å². The Balaban J connectivity index is 1.78. The molecule has 0 bridgehead atoms. The van der Waals surface area contributed by atoms with E-state index in [1.54, 1.807) is 18.0 Å². The van der Waals surface area contributed by atoms with Crippen LogP contribution in [0.15, 0.2) is 53.0 Å². The average Bonchev–Trinajstić information content (AvgIpc) is 3.19. The minimum absolute atomic E-state index is 0.0130. The number of carbonyl (C=O) groups is 1. The van der Waals surface area contributed by atoms with E-state index in [0.29, 0.717) is 12.3 Å². The molecule has 6 nitrogen and oxygen atoms in total. The van der Waals surface area contributed by atoms with Crippen molar-refractivity contribution in [3.63, 3.8) is 0 Å². The fourth-order valence-corrected chi connectivity index (χ4v) is 4.11. The molecule has 2 atom stereocenters. The zero-order chi connectivity index (χ0) is 15.8. The van der Waals surface area contributed by atoms with E-state index in [2.05, 4.69) is 14.7 Å². The molecule has 0 spiro atoms. The summed E-state index contributed by atoms with van der Waals surface area (Å²) in [5, 5.41) is 7.47. The van der Waals surface area contributed by atoms with Crippen LogP contribution in [0.25, 0.3) is 0 Å². The molecule has 3 heterocycles. The highest BCUT2D eigenvalue weighted by atomic mass is 32.2. The van der Waals surface area contributed by atoms with E-state index in [1.165, 1.54) is 0 Å². The SMILES string of the molecule is CCOC(=O)C1=NN(c2ccccc2)C2C1CSc1nccn12. The third-order valence-corrected chi connectivity index (χ3v) is 5.09. The second-order valence-corrected chi connectivity index (χ2v) is 6.32. The number of hydrogen-bond acceptors (Lipinski definition) is 6. The molecule has 0 saturated heterocycles. The molecule has 2 unspecified atom stereocenters. The zero-order valence-corrected chi connectivity index (χ0v) is 13.4. The molecule has 0 saturated carbocycles. The van der Waals surface area contributed by atoms with Gasteiger partial charge < -0.3 is 9.30 Å². The van der Waals surface area contributed by atoms with Gasteiger partial charge in [0, 0.05) is 18.1 Å². The van der Waals surface area contributed by atoms with Crippen molar-refractivity contribution < 1.29 is 9.53 Å². The first-order valence-corrected chi connectivity index (χ1v) is 8.53. The Hall–Kier alpha value is -2.28. The molecule has 0 aliphatic carbocycles. The van der Waals surface area contributed by atoms with E-state index in [0.717, 1.165) is 16.6 Å². The van der Waals surface area contributed by atoms with Gasteiger partial charge >= 0.3 is 5.97 Å². The normalized spacial score (nSPS) is 22.3. The van der Waals surface area contributed by atoms with Crippen molar-refractivity contribution in [2.75, 3.05) is 17.4 Å². The lowest BCUT2D eigenvalue weighted by atomic mass is 10.0. The van der Waals surface area contributed by atoms with Crippen LogP contribution in [0.5, 0.6) is 0 Å². The maximum absolute atomic E-state index is 12.3. The molecule has 0 N–H and O–H groups in total. The number of imidazole rings is 1. The van der Waals surface area contributed by atoms with Gasteiger partial charge in [0.1, 0.15) is 6.17 Å². The van der Waals surface area contributed by atoms with Gasteiger partial charge in [-0.3, -0.25) is 0 Å². The monoisotopic (exact) mass is 328 g/mol. The summed E-state index contributed by atoms with van der Waals surface area (Å²) in [6.45, 7) is 2.16. The number of fused-ring (bicyclic) bond motifs is 3.